The van der Waals surface area contributed by atoms with Gasteiger partial charge in [-0.25, -0.2) is 11.8 Å². The van der Waals surface area contributed by atoms with Crippen LogP contribution in [-0.4, -0.2) is 39.6 Å². The van der Waals surface area contributed by atoms with Crippen molar-refractivity contribution < 1.29 is 19.1 Å². The second-order valence-electron chi connectivity index (χ2n) is 1.97. The first-order chi connectivity index (χ1) is 5.91. The highest BCUT2D eigenvalue weighted by Crippen LogP contribution is 1.78. The molecule has 0 aliphatic rings. The Kier molecular flexibility index (Phi) is 26.9. The van der Waals surface area contributed by atoms with Crippen molar-refractivity contribution in [2.75, 3.05) is 39.6 Å². The molecule has 14 heavy (non-hydrogen) atoms. The highest BCUT2D eigenvalue weighted by molar-refractivity contribution is 5.85. The zero-order valence-electron chi connectivity index (χ0n) is 7.85. The number of rotatable bonds is 9. The Hall–Kier alpha value is 0.340. The van der Waals surface area contributed by atoms with Crippen LogP contribution in [0.4, 0.5) is 0 Å². The summed E-state index contributed by atoms with van der Waals surface area (Å²) in [6.45, 7) is 2.79. The van der Waals surface area contributed by atoms with E-state index in [2.05, 4.69) is 9.68 Å². The largest absolute Gasteiger partial charge is 0.377 e. The van der Waals surface area contributed by atoms with Crippen molar-refractivity contribution in [1.82, 2.24) is 0 Å². The Balaban J connectivity index is -0.000000605. The van der Waals surface area contributed by atoms with Gasteiger partial charge in [0.15, 0.2) is 0 Å². The second-order valence-corrected chi connectivity index (χ2v) is 1.97. The van der Waals surface area contributed by atoms with Gasteiger partial charge in [-0.05, 0) is 0 Å². The van der Waals surface area contributed by atoms with Gasteiger partial charge in [0.05, 0.1) is 39.6 Å². The zero-order valence-corrected chi connectivity index (χ0v) is 9.48. The number of nitrogens with two attached hydrogens (primary N) is 2. The lowest BCUT2D eigenvalue weighted by molar-refractivity contribution is -0.00225. The molecular weight excluding hydrogens is 235 g/mol. The van der Waals surface area contributed by atoms with Gasteiger partial charge in [0.1, 0.15) is 0 Å². The third-order valence-electron chi connectivity index (χ3n) is 1.06. The number of halogens is 2. The molecule has 0 aromatic carbocycles. The molecule has 0 heterocycles. The molecule has 0 spiro atoms. The summed E-state index contributed by atoms with van der Waals surface area (Å²) < 4.78 is 10.1. The Bertz CT molecular complexity index is 82.2. The van der Waals surface area contributed by atoms with Gasteiger partial charge < -0.3 is 19.1 Å². The molecule has 0 bridgehead atoms. The van der Waals surface area contributed by atoms with Crippen molar-refractivity contribution in [3.05, 3.63) is 0 Å². The summed E-state index contributed by atoms with van der Waals surface area (Å²) in [5.74, 6) is 9.53. The summed E-state index contributed by atoms with van der Waals surface area (Å²) in [4.78, 5) is 8.57. The quantitative estimate of drug-likeness (QED) is 0.431. The lowest BCUT2D eigenvalue weighted by atomic mass is 10.7. The van der Waals surface area contributed by atoms with E-state index in [-0.39, 0.29) is 24.8 Å². The molecule has 6 nitrogen and oxygen atoms in total. The minimum Gasteiger partial charge on any atom is -0.377 e. The highest BCUT2D eigenvalue weighted by atomic mass is 35.5. The molecule has 0 aromatic heterocycles. The van der Waals surface area contributed by atoms with E-state index in [9.17, 15) is 0 Å². The van der Waals surface area contributed by atoms with E-state index in [0.29, 0.717) is 39.6 Å². The van der Waals surface area contributed by atoms with Crippen LogP contribution in [0, 0.1) is 0 Å². The molecule has 90 valence electrons. The number of hydrogen-bond donors (Lipinski definition) is 2. The molecule has 0 atom stereocenters. The summed E-state index contributed by atoms with van der Waals surface area (Å²) in [5.41, 5.74) is 0. The predicted molar refractivity (Wildman–Crippen MR) is 56.4 cm³/mol. The summed E-state index contributed by atoms with van der Waals surface area (Å²) in [5, 5.41) is 0. The van der Waals surface area contributed by atoms with Crippen molar-refractivity contribution in [2.24, 2.45) is 11.8 Å². The Morgan fingerprint density at radius 2 is 0.857 bits per heavy atom. The van der Waals surface area contributed by atoms with Crippen LogP contribution >= 0.6 is 24.8 Å². The maximum atomic E-state index is 5.05. The fourth-order valence-corrected chi connectivity index (χ4v) is 0.536. The van der Waals surface area contributed by atoms with Crippen molar-refractivity contribution in [1.29, 1.82) is 0 Å². The van der Waals surface area contributed by atoms with E-state index >= 15 is 0 Å². The topological polar surface area (TPSA) is 89.0 Å². The molecule has 4 N–H and O–H groups in total. The van der Waals surface area contributed by atoms with Crippen molar-refractivity contribution >= 4 is 24.8 Å². The summed E-state index contributed by atoms with van der Waals surface area (Å²) in [6.07, 6.45) is 0. The molecule has 0 rings (SSSR count). The van der Waals surface area contributed by atoms with Gasteiger partial charge in [-0.3, -0.25) is 0 Å². The van der Waals surface area contributed by atoms with E-state index in [1.165, 1.54) is 0 Å². The fraction of sp³-hybridized carbons (Fsp3) is 1.00. The number of ether oxygens (including phenoxy) is 2. The van der Waals surface area contributed by atoms with E-state index in [1.807, 2.05) is 0 Å². The van der Waals surface area contributed by atoms with Crippen molar-refractivity contribution in [2.45, 2.75) is 0 Å². The molecule has 8 heteroatoms. The van der Waals surface area contributed by atoms with Crippen LogP contribution in [0.15, 0.2) is 0 Å². The van der Waals surface area contributed by atoms with Crippen LogP contribution in [0.3, 0.4) is 0 Å². The molecule has 0 aliphatic heterocycles. The molecule has 0 aromatic rings. The average molecular weight is 253 g/mol. The maximum absolute atomic E-state index is 5.05. The first-order valence-corrected chi connectivity index (χ1v) is 3.70. The standard InChI is InChI=1S/C6H16N2O4.2ClH/c7-11-5-3-9-1-2-10-4-6-12-8;;/h1-8H2;2*1H. The minimum absolute atomic E-state index is 0. The smallest absolute Gasteiger partial charge is 0.0913 e. The van der Waals surface area contributed by atoms with Gasteiger partial charge in [-0.2, -0.15) is 0 Å². The second kappa shape index (κ2) is 19.0. The van der Waals surface area contributed by atoms with Crippen LogP contribution in [0.25, 0.3) is 0 Å². The summed E-state index contributed by atoms with van der Waals surface area (Å²) >= 11 is 0. The van der Waals surface area contributed by atoms with Gasteiger partial charge in [0, 0.05) is 0 Å². The Morgan fingerprint density at radius 1 is 0.571 bits per heavy atom. The van der Waals surface area contributed by atoms with Gasteiger partial charge in [-0.1, -0.05) is 0 Å². The Labute approximate surface area is 95.9 Å². The molecule has 0 fully saturated rings. The molecule has 0 saturated heterocycles. The van der Waals surface area contributed by atoms with Crippen LogP contribution in [0.5, 0.6) is 0 Å². The Morgan fingerprint density at radius 3 is 1.14 bits per heavy atom. The van der Waals surface area contributed by atoms with Crippen LogP contribution < -0.4 is 11.8 Å². The SMILES string of the molecule is Cl.Cl.NOCCOCCOCCON. The first-order valence-electron chi connectivity index (χ1n) is 3.70. The van der Waals surface area contributed by atoms with Crippen LogP contribution in [0.1, 0.15) is 0 Å². The zero-order chi connectivity index (χ0) is 9.07. The average Bonchev–Trinajstić information content (AvgIpc) is 2.10. The molecule has 0 radical (unpaired) electrons. The predicted octanol–water partition coefficient (Wildman–Crippen LogP) is -0.356. The van der Waals surface area contributed by atoms with Crippen LogP contribution in [-0.2, 0) is 19.1 Å². The third-order valence-corrected chi connectivity index (χ3v) is 1.06. The van der Waals surface area contributed by atoms with Gasteiger partial charge in [0.2, 0.25) is 0 Å². The maximum Gasteiger partial charge on any atom is 0.0913 e. The first kappa shape index (κ1) is 19.8. The summed E-state index contributed by atoms with van der Waals surface area (Å²) in [6, 6.07) is 0. The van der Waals surface area contributed by atoms with Crippen LogP contribution in [0.2, 0.25) is 0 Å². The minimum atomic E-state index is 0. The molecular formula is C6H18Cl2N2O4. The van der Waals surface area contributed by atoms with E-state index in [1.54, 1.807) is 0 Å². The molecule has 0 amide bonds. The number of hydrogen-bond acceptors (Lipinski definition) is 6. The highest BCUT2D eigenvalue weighted by Gasteiger charge is 1.89. The van der Waals surface area contributed by atoms with E-state index in [0.717, 1.165) is 0 Å². The molecule has 0 unspecified atom stereocenters. The molecule has 0 aliphatic carbocycles. The van der Waals surface area contributed by atoms with Gasteiger partial charge in [0.25, 0.3) is 0 Å². The van der Waals surface area contributed by atoms with E-state index < -0.39 is 0 Å². The van der Waals surface area contributed by atoms with E-state index in [4.69, 9.17) is 21.3 Å². The monoisotopic (exact) mass is 252 g/mol. The third kappa shape index (κ3) is 18.2. The lowest BCUT2D eigenvalue weighted by Crippen LogP contribution is -2.13. The van der Waals surface area contributed by atoms with Crippen molar-refractivity contribution in [3.63, 3.8) is 0 Å². The molecule has 0 saturated carbocycles. The fourth-order valence-electron chi connectivity index (χ4n) is 0.536. The summed E-state index contributed by atoms with van der Waals surface area (Å²) in [7, 11) is 0. The van der Waals surface area contributed by atoms with Gasteiger partial charge >= 0.3 is 0 Å². The van der Waals surface area contributed by atoms with Gasteiger partial charge in [-0.15, -0.1) is 24.8 Å². The normalized spacial score (nSPS) is 9.00. The lowest BCUT2D eigenvalue weighted by Gasteiger charge is -2.03. The van der Waals surface area contributed by atoms with Crippen molar-refractivity contribution in [3.8, 4) is 0 Å².